The second kappa shape index (κ2) is 14.2. The first-order valence-electron chi connectivity index (χ1n) is 18.1. The van der Waals surface area contributed by atoms with Gasteiger partial charge in [-0.05, 0) is 60.7 Å². The average Bonchev–Trinajstić information content (AvgIpc) is 3.50. The van der Waals surface area contributed by atoms with Crippen LogP contribution in [0.3, 0.4) is 0 Å². The molecule has 14 heteroatoms. The Morgan fingerprint density at radius 1 is 0.887 bits per heavy atom. The average molecular weight is 724 g/mol. The van der Waals surface area contributed by atoms with Gasteiger partial charge in [-0.15, -0.1) is 0 Å². The highest BCUT2D eigenvalue weighted by molar-refractivity contribution is 6.05. The predicted octanol–water partition coefficient (Wildman–Crippen LogP) is 3.29. The molecule has 5 heterocycles. The summed E-state index contributed by atoms with van der Waals surface area (Å²) >= 11 is 0. The van der Waals surface area contributed by atoms with E-state index in [0.29, 0.717) is 46.4 Å². The fourth-order valence-electron chi connectivity index (χ4n) is 8.30. The van der Waals surface area contributed by atoms with E-state index in [9.17, 15) is 19.2 Å². The number of fused-ring (bicyclic) bond motifs is 2. The molecule has 0 aliphatic carbocycles. The maximum atomic E-state index is 15.3. The number of amides is 3. The molecule has 0 radical (unpaired) electrons. The zero-order valence-corrected chi connectivity index (χ0v) is 29.8. The van der Waals surface area contributed by atoms with Crippen molar-refractivity contribution in [3.8, 4) is 22.9 Å². The van der Waals surface area contributed by atoms with Crippen LogP contribution in [-0.2, 0) is 22.7 Å². The van der Waals surface area contributed by atoms with E-state index >= 15 is 4.39 Å². The van der Waals surface area contributed by atoms with Crippen molar-refractivity contribution in [2.75, 3.05) is 58.4 Å². The molecule has 4 aliphatic rings. The monoisotopic (exact) mass is 723 g/mol. The maximum Gasteiger partial charge on any atom is 0.262 e. The number of hydrogen-bond donors (Lipinski definition) is 2. The molecule has 3 aromatic carbocycles. The van der Waals surface area contributed by atoms with Crippen LogP contribution in [0.15, 0.2) is 53.3 Å². The number of hydrogen-bond acceptors (Lipinski definition) is 10. The molecule has 53 heavy (non-hydrogen) atoms. The number of anilines is 1. The molecule has 4 aliphatic heterocycles. The number of nitrogens with one attached hydrogen (secondary N) is 2. The molecule has 276 valence electrons. The number of halogens is 1. The molecule has 0 bridgehead atoms. The number of carbonyl (C=O) groups is 3. The van der Waals surface area contributed by atoms with Crippen LogP contribution in [-0.4, -0.2) is 108 Å². The predicted molar refractivity (Wildman–Crippen MR) is 195 cm³/mol. The van der Waals surface area contributed by atoms with E-state index in [1.54, 1.807) is 19.2 Å². The number of nitrogens with zero attached hydrogens (tertiary/aromatic N) is 5. The van der Waals surface area contributed by atoms with Crippen LogP contribution in [0.1, 0.15) is 47.2 Å². The third-order valence-corrected chi connectivity index (χ3v) is 11.1. The van der Waals surface area contributed by atoms with Gasteiger partial charge in [-0.3, -0.25) is 34.3 Å². The van der Waals surface area contributed by atoms with Gasteiger partial charge in [0.2, 0.25) is 11.8 Å². The van der Waals surface area contributed by atoms with Crippen LogP contribution in [0.25, 0.3) is 22.3 Å². The lowest BCUT2D eigenvalue weighted by Crippen LogP contribution is -2.53. The molecule has 1 unspecified atom stereocenters. The standard InChI is InChI=1S/C39H42FN7O6/c1-52-28-19-30-35(32(20-28)53-2)38(50)43-36(41-30)24-3-5-26(6-4-24)45-11-9-27(10-12-45)46-15-13-44(14-16-46)21-23-17-25-22-47(39(51)34(25)29(40)18-23)31-7-8-33(48)42-37(31)49/h3-6,17-20,27,31H,7-16,21-22H2,1-2H3,(H,41,43,50)(H,42,48,49). The first kappa shape index (κ1) is 34.7. The Kier molecular flexibility index (Phi) is 9.33. The Bertz CT molecular complexity index is 2140. The van der Waals surface area contributed by atoms with E-state index in [1.165, 1.54) is 18.1 Å². The molecule has 3 fully saturated rings. The smallest absolute Gasteiger partial charge is 0.262 e. The highest BCUT2D eigenvalue weighted by Gasteiger charge is 2.40. The normalized spacial score (nSPS) is 20.2. The minimum Gasteiger partial charge on any atom is -0.497 e. The molecule has 13 nitrogen and oxygen atoms in total. The van der Waals surface area contributed by atoms with Crippen molar-refractivity contribution in [3.05, 3.63) is 81.4 Å². The maximum absolute atomic E-state index is 15.3. The van der Waals surface area contributed by atoms with Crippen LogP contribution < -0.4 is 25.2 Å². The molecule has 1 aromatic heterocycles. The summed E-state index contributed by atoms with van der Waals surface area (Å²) in [7, 11) is 3.08. The summed E-state index contributed by atoms with van der Waals surface area (Å²) in [5.41, 5.74) is 3.62. The SMILES string of the molecule is COc1cc(OC)c2c(=O)[nH]c(-c3ccc(N4CCC(N5CCN(Cc6cc(F)c7c(c6)CN(C6CCC(=O)NC6=O)C7=O)CC5)CC4)cc3)nc2c1. The van der Waals surface area contributed by atoms with Crippen molar-refractivity contribution in [3.63, 3.8) is 0 Å². The van der Waals surface area contributed by atoms with Crippen molar-refractivity contribution >= 4 is 34.3 Å². The lowest BCUT2D eigenvalue weighted by molar-refractivity contribution is -0.136. The summed E-state index contributed by atoms with van der Waals surface area (Å²) < 4.78 is 26.0. The summed E-state index contributed by atoms with van der Waals surface area (Å²) in [6.45, 7) is 6.24. The van der Waals surface area contributed by atoms with Gasteiger partial charge in [-0.25, -0.2) is 9.37 Å². The van der Waals surface area contributed by atoms with Gasteiger partial charge in [0.05, 0.1) is 25.3 Å². The van der Waals surface area contributed by atoms with E-state index in [1.807, 2.05) is 18.2 Å². The number of aromatic amines is 1. The number of aromatic nitrogens is 2. The van der Waals surface area contributed by atoms with Crippen LogP contribution in [0.2, 0.25) is 0 Å². The minimum atomic E-state index is -0.765. The Morgan fingerprint density at radius 3 is 2.34 bits per heavy atom. The molecule has 0 saturated carbocycles. The second-order valence-electron chi connectivity index (χ2n) is 14.2. The Balaban J connectivity index is 0.841. The van der Waals surface area contributed by atoms with Gasteiger partial charge >= 0.3 is 0 Å². The van der Waals surface area contributed by atoms with Gasteiger partial charge in [0.25, 0.3) is 11.5 Å². The van der Waals surface area contributed by atoms with E-state index in [4.69, 9.17) is 14.5 Å². The van der Waals surface area contributed by atoms with Crippen LogP contribution in [0.5, 0.6) is 11.5 Å². The van der Waals surface area contributed by atoms with Gasteiger partial charge in [0, 0.05) is 88.2 Å². The van der Waals surface area contributed by atoms with Gasteiger partial charge in [-0.1, -0.05) is 6.07 Å². The fourth-order valence-corrected chi connectivity index (χ4v) is 8.30. The number of methoxy groups -OCH3 is 2. The topological polar surface area (TPSA) is 140 Å². The molecule has 2 N–H and O–H groups in total. The summed E-state index contributed by atoms with van der Waals surface area (Å²) in [4.78, 5) is 66.3. The van der Waals surface area contributed by atoms with Crippen LogP contribution >= 0.6 is 0 Å². The molecule has 0 spiro atoms. The van der Waals surface area contributed by atoms with E-state index in [-0.39, 0.29) is 36.4 Å². The largest absolute Gasteiger partial charge is 0.497 e. The molecule has 8 rings (SSSR count). The quantitative estimate of drug-likeness (QED) is 0.261. The first-order valence-corrected chi connectivity index (χ1v) is 18.1. The van der Waals surface area contributed by atoms with Crippen LogP contribution in [0, 0.1) is 5.82 Å². The summed E-state index contributed by atoms with van der Waals surface area (Å²) in [6.07, 6.45) is 2.52. The molecule has 4 aromatic rings. The molecule has 1 atom stereocenters. The number of benzene rings is 3. The first-order chi connectivity index (χ1) is 25.7. The Labute approximate surface area is 305 Å². The Morgan fingerprint density at radius 2 is 1.64 bits per heavy atom. The minimum absolute atomic E-state index is 0.0339. The van der Waals surface area contributed by atoms with E-state index in [0.717, 1.165) is 68.9 Å². The molecular weight excluding hydrogens is 681 g/mol. The zero-order valence-electron chi connectivity index (χ0n) is 29.8. The highest BCUT2D eigenvalue weighted by Crippen LogP contribution is 2.32. The number of ether oxygens (including phenoxy) is 2. The summed E-state index contributed by atoms with van der Waals surface area (Å²) in [5.74, 6) is -0.440. The van der Waals surface area contributed by atoms with Crippen molar-refractivity contribution < 1.29 is 28.2 Å². The van der Waals surface area contributed by atoms with Crippen molar-refractivity contribution in [2.45, 2.75) is 50.9 Å². The second-order valence-corrected chi connectivity index (χ2v) is 14.2. The zero-order chi connectivity index (χ0) is 36.8. The van der Waals surface area contributed by atoms with Crippen LogP contribution in [0.4, 0.5) is 10.1 Å². The third-order valence-electron chi connectivity index (χ3n) is 11.1. The number of H-pyrrole nitrogens is 1. The highest BCUT2D eigenvalue weighted by atomic mass is 19.1. The summed E-state index contributed by atoms with van der Waals surface area (Å²) in [5, 5.41) is 2.68. The number of imide groups is 1. The molecule has 3 saturated heterocycles. The third kappa shape index (κ3) is 6.72. The molecule has 3 amide bonds. The van der Waals surface area contributed by atoms with Crippen molar-refractivity contribution in [2.24, 2.45) is 0 Å². The number of piperidine rings is 2. The van der Waals surface area contributed by atoms with Crippen molar-refractivity contribution in [1.29, 1.82) is 0 Å². The summed E-state index contributed by atoms with van der Waals surface area (Å²) in [6, 6.07) is 14.6. The lowest BCUT2D eigenvalue weighted by atomic mass is 10.0. The van der Waals surface area contributed by atoms with Gasteiger partial charge in [0.15, 0.2) is 0 Å². The Hall–Kier alpha value is -5.34. The van der Waals surface area contributed by atoms with Crippen molar-refractivity contribution in [1.82, 2.24) is 30.0 Å². The number of carbonyl (C=O) groups excluding carboxylic acids is 3. The lowest BCUT2D eigenvalue weighted by Gasteiger charge is -2.43. The number of rotatable bonds is 8. The van der Waals surface area contributed by atoms with Gasteiger partial charge in [0.1, 0.15) is 34.6 Å². The van der Waals surface area contributed by atoms with Gasteiger partial charge in [-0.2, -0.15) is 0 Å². The number of piperazine rings is 1. The van der Waals surface area contributed by atoms with E-state index < -0.39 is 23.7 Å². The fraction of sp³-hybridized carbons (Fsp3) is 0.410. The van der Waals surface area contributed by atoms with E-state index in [2.05, 4.69) is 37.1 Å². The van der Waals surface area contributed by atoms with Gasteiger partial charge < -0.3 is 24.3 Å². The molecular formula is C39H42FN7O6.